The Morgan fingerprint density at radius 2 is 0.759 bits per heavy atom. The predicted molar refractivity (Wildman–Crippen MR) is 239 cm³/mol. The minimum Gasteiger partial charge on any atom is -0.292 e. The first-order chi connectivity index (χ1) is 28.7. The number of pyridine rings is 1. The number of fused-ring (bicyclic) bond motifs is 11. The van der Waals surface area contributed by atoms with E-state index in [9.17, 15) is 0 Å². The molecule has 5 heteroatoms. The van der Waals surface area contributed by atoms with Gasteiger partial charge in [0.25, 0.3) is 0 Å². The van der Waals surface area contributed by atoms with Crippen LogP contribution in [0.5, 0.6) is 0 Å². The zero-order valence-electron chi connectivity index (χ0n) is 31.3. The van der Waals surface area contributed by atoms with Gasteiger partial charge in [-0.05, 0) is 58.0 Å². The van der Waals surface area contributed by atoms with Gasteiger partial charge in [0.2, 0.25) is 5.95 Å². The fourth-order valence-corrected chi connectivity index (χ4v) is 8.75. The molecule has 0 atom stereocenters. The van der Waals surface area contributed by atoms with Crippen LogP contribution in [0.3, 0.4) is 0 Å². The van der Waals surface area contributed by atoms with Gasteiger partial charge in [-0.25, -0.2) is 15.0 Å². The van der Waals surface area contributed by atoms with Crippen LogP contribution >= 0.6 is 0 Å². The van der Waals surface area contributed by atoms with Crippen molar-refractivity contribution in [2.75, 3.05) is 0 Å². The van der Waals surface area contributed by atoms with Gasteiger partial charge in [-0.15, -0.1) is 0 Å². The largest absolute Gasteiger partial charge is 0.292 e. The number of nitrogens with zero attached hydrogens (tertiary/aromatic N) is 5. The van der Waals surface area contributed by atoms with E-state index in [0.717, 1.165) is 83.0 Å². The monoisotopic (exact) mass is 739 g/mol. The Balaban J connectivity index is 1.11. The summed E-state index contributed by atoms with van der Waals surface area (Å²) in [6.07, 6.45) is 0. The molecule has 270 valence electrons. The Labute approximate surface area is 333 Å². The van der Waals surface area contributed by atoms with E-state index in [1.54, 1.807) is 0 Å². The minimum absolute atomic E-state index is 0.612. The lowest BCUT2D eigenvalue weighted by atomic mass is 10.0. The number of para-hydroxylation sites is 2. The molecule has 58 heavy (non-hydrogen) atoms. The average molecular weight is 740 g/mol. The molecule has 0 spiro atoms. The zero-order valence-corrected chi connectivity index (χ0v) is 31.3. The van der Waals surface area contributed by atoms with Crippen LogP contribution in [0, 0.1) is 0 Å². The van der Waals surface area contributed by atoms with Crippen molar-refractivity contribution in [1.29, 1.82) is 0 Å². The molecule has 0 fully saturated rings. The summed E-state index contributed by atoms with van der Waals surface area (Å²) < 4.78 is 4.55. The quantitative estimate of drug-likeness (QED) is 0.165. The minimum atomic E-state index is 0.612. The molecule has 0 N–H and O–H groups in total. The maximum absolute atomic E-state index is 5.39. The van der Waals surface area contributed by atoms with Crippen molar-refractivity contribution >= 4 is 60.2 Å². The molecule has 0 aliphatic heterocycles. The number of rotatable bonds is 5. The number of hydrogen-bond donors (Lipinski definition) is 0. The van der Waals surface area contributed by atoms with Gasteiger partial charge in [0, 0.05) is 32.7 Å². The summed E-state index contributed by atoms with van der Waals surface area (Å²) >= 11 is 0. The molecule has 12 rings (SSSR count). The van der Waals surface area contributed by atoms with E-state index in [2.05, 4.69) is 197 Å². The second-order valence-corrected chi connectivity index (χ2v) is 14.9. The van der Waals surface area contributed by atoms with Gasteiger partial charge in [0.1, 0.15) is 5.65 Å². The summed E-state index contributed by atoms with van der Waals surface area (Å²) in [7, 11) is 0. The van der Waals surface area contributed by atoms with Gasteiger partial charge >= 0.3 is 0 Å². The van der Waals surface area contributed by atoms with Crippen LogP contribution in [0.1, 0.15) is 0 Å². The summed E-state index contributed by atoms with van der Waals surface area (Å²) in [5.74, 6) is 0.612. The molecule has 5 nitrogen and oxygen atoms in total. The van der Waals surface area contributed by atoms with Gasteiger partial charge in [0.15, 0.2) is 0 Å². The zero-order chi connectivity index (χ0) is 38.2. The molecule has 0 radical (unpaired) electrons. The molecule has 12 aromatic rings. The first-order valence-electron chi connectivity index (χ1n) is 19.6. The molecule has 0 aliphatic carbocycles. The van der Waals surface area contributed by atoms with Crippen molar-refractivity contribution in [3.63, 3.8) is 0 Å². The molecule has 0 saturated heterocycles. The van der Waals surface area contributed by atoms with E-state index in [1.165, 1.54) is 21.9 Å². The van der Waals surface area contributed by atoms with Crippen molar-refractivity contribution < 1.29 is 0 Å². The van der Waals surface area contributed by atoms with Crippen molar-refractivity contribution in [3.8, 4) is 50.7 Å². The van der Waals surface area contributed by atoms with Gasteiger partial charge in [-0.3, -0.25) is 8.97 Å². The Hall–Kier alpha value is -7.89. The molecule has 0 aliphatic rings. The highest BCUT2D eigenvalue weighted by Crippen LogP contribution is 2.38. The molecule has 0 amide bonds. The van der Waals surface area contributed by atoms with Crippen LogP contribution in [-0.4, -0.2) is 23.9 Å². The van der Waals surface area contributed by atoms with Crippen LogP contribution in [0.15, 0.2) is 200 Å². The molecule has 0 saturated carbocycles. The molecule has 8 aromatic carbocycles. The molecule has 0 unspecified atom stereocenters. The Morgan fingerprint density at radius 3 is 1.36 bits per heavy atom. The number of benzene rings is 8. The first kappa shape index (κ1) is 32.4. The van der Waals surface area contributed by atoms with Crippen molar-refractivity contribution in [1.82, 2.24) is 23.9 Å². The fraction of sp³-hybridized carbons (Fsp3) is 0. The summed E-state index contributed by atoms with van der Waals surface area (Å²) in [6, 6.07) is 70.7. The maximum atomic E-state index is 5.39. The van der Waals surface area contributed by atoms with Gasteiger partial charge < -0.3 is 0 Å². The Bertz CT molecular complexity index is 3430. The maximum Gasteiger partial charge on any atom is 0.235 e. The highest BCUT2D eigenvalue weighted by Gasteiger charge is 2.21. The normalized spacial score (nSPS) is 11.8. The number of aromatic nitrogens is 5. The third-order valence-corrected chi connectivity index (χ3v) is 11.5. The second-order valence-electron chi connectivity index (χ2n) is 14.9. The van der Waals surface area contributed by atoms with E-state index in [-0.39, 0.29) is 0 Å². The van der Waals surface area contributed by atoms with Crippen LogP contribution in [-0.2, 0) is 0 Å². The molecular formula is C53H33N5. The summed E-state index contributed by atoms with van der Waals surface area (Å²) in [5, 5.41) is 5.76. The van der Waals surface area contributed by atoms with Crippen LogP contribution in [0.2, 0.25) is 0 Å². The van der Waals surface area contributed by atoms with E-state index in [1.807, 2.05) is 12.1 Å². The third-order valence-electron chi connectivity index (χ3n) is 11.5. The second kappa shape index (κ2) is 12.8. The third kappa shape index (κ3) is 5.07. The number of hydrogen-bond acceptors (Lipinski definition) is 3. The Kier molecular flexibility index (Phi) is 7.16. The lowest BCUT2D eigenvalue weighted by molar-refractivity contribution is 0.996. The highest BCUT2D eigenvalue weighted by atomic mass is 15.2. The summed E-state index contributed by atoms with van der Waals surface area (Å²) in [4.78, 5) is 16.1. The fourth-order valence-electron chi connectivity index (χ4n) is 8.75. The van der Waals surface area contributed by atoms with Crippen LogP contribution in [0.4, 0.5) is 0 Å². The number of imidazole rings is 1. The molecule has 0 bridgehead atoms. The van der Waals surface area contributed by atoms with E-state index < -0.39 is 0 Å². The van der Waals surface area contributed by atoms with Crippen molar-refractivity contribution in [3.05, 3.63) is 200 Å². The van der Waals surface area contributed by atoms with E-state index >= 15 is 0 Å². The van der Waals surface area contributed by atoms with Gasteiger partial charge in [-0.1, -0.05) is 170 Å². The standard InChI is InChI=1S/C53H33N5/c1-3-13-34(14-4-1)36-23-27-38(28-24-36)45-32-46(39-29-25-37(26-30-39)35-15-5-2-6-16-35)56-53(55-45)58-49-22-12-10-19-42(49)44-31-47-51(33-50(44)58)57-48-21-11-9-18-41(48)40-17-7-8-20-43(40)52(57)54-47/h1-33H. The van der Waals surface area contributed by atoms with Gasteiger partial charge in [-0.2, -0.15) is 0 Å². The first-order valence-corrected chi connectivity index (χ1v) is 19.6. The lowest BCUT2D eigenvalue weighted by Crippen LogP contribution is -2.04. The average Bonchev–Trinajstić information content (AvgIpc) is 3.84. The van der Waals surface area contributed by atoms with E-state index in [4.69, 9.17) is 15.0 Å². The molecular weight excluding hydrogens is 707 g/mol. The highest BCUT2D eigenvalue weighted by molar-refractivity contribution is 6.17. The van der Waals surface area contributed by atoms with Gasteiger partial charge in [0.05, 0.1) is 39.0 Å². The summed E-state index contributed by atoms with van der Waals surface area (Å²) in [5.41, 5.74) is 14.6. The predicted octanol–water partition coefficient (Wildman–Crippen LogP) is 13.3. The lowest BCUT2D eigenvalue weighted by Gasteiger charge is -2.13. The molecule has 4 aromatic heterocycles. The SMILES string of the molecule is c1ccc(-c2ccc(-c3cc(-c4ccc(-c5ccccc5)cc4)nc(-n4c5ccccc5c5cc6nc7c8ccccc8c8ccccc8n7c6cc54)n3)cc2)cc1. The van der Waals surface area contributed by atoms with Crippen LogP contribution < -0.4 is 0 Å². The smallest absolute Gasteiger partial charge is 0.235 e. The summed E-state index contributed by atoms with van der Waals surface area (Å²) in [6.45, 7) is 0. The topological polar surface area (TPSA) is 48.0 Å². The van der Waals surface area contributed by atoms with Crippen LogP contribution in [0.25, 0.3) is 111 Å². The van der Waals surface area contributed by atoms with Crippen molar-refractivity contribution in [2.45, 2.75) is 0 Å². The van der Waals surface area contributed by atoms with E-state index in [0.29, 0.717) is 5.95 Å². The molecule has 4 heterocycles. The Morgan fingerprint density at radius 1 is 0.293 bits per heavy atom. The van der Waals surface area contributed by atoms with Crippen molar-refractivity contribution in [2.24, 2.45) is 0 Å².